The second-order valence-corrected chi connectivity index (χ2v) is 5.73. The van der Waals surface area contributed by atoms with E-state index in [1.54, 1.807) is 24.3 Å². The zero-order valence-corrected chi connectivity index (χ0v) is 13.5. The second-order valence-electron chi connectivity index (χ2n) is 5.73. The Labute approximate surface area is 147 Å². The number of amides is 2. The fourth-order valence-electron chi connectivity index (χ4n) is 2.66. The minimum Gasteiger partial charge on any atom is -0.448 e. The standard InChI is InChI=1S/C18H15F3N2O3/c19-18(20,21)15-7-2-1-6-14(15)16(24)22-13-5-3-4-12(10-13)11-23-8-9-26-17(23)25/h1-7,10H,8-9,11H2,(H,22,24). The third-order valence-corrected chi connectivity index (χ3v) is 3.88. The van der Waals surface area contributed by atoms with Gasteiger partial charge in [0.05, 0.1) is 17.7 Å². The van der Waals surface area contributed by atoms with Crippen molar-refractivity contribution in [1.82, 2.24) is 4.90 Å². The maximum atomic E-state index is 13.0. The second kappa shape index (κ2) is 7.07. The molecule has 1 heterocycles. The van der Waals surface area contributed by atoms with Crippen molar-refractivity contribution in [3.8, 4) is 0 Å². The molecule has 3 rings (SSSR count). The van der Waals surface area contributed by atoms with Gasteiger partial charge >= 0.3 is 12.3 Å². The summed E-state index contributed by atoms with van der Waals surface area (Å²) >= 11 is 0. The minimum absolute atomic E-state index is 0.293. The quantitative estimate of drug-likeness (QED) is 0.895. The van der Waals surface area contributed by atoms with E-state index in [4.69, 9.17) is 4.74 Å². The van der Waals surface area contributed by atoms with E-state index in [2.05, 4.69) is 5.32 Å². The Morgan fingerprint density at radius 3 is 2.62 bits per heavy atom. The molecule has 2 amide bonds. The molecule has 1 fully saturated rings. The molecule has 0 atom stereocenters. The Kier molecular flexibility index (Phi) is 4.83. The molecule has 2 aromatic rings. The summed E-state index contributed by atoms with van der Waals surface area (Å²) < 4.78 is 44.0. The maximum absolute atomic E-state index is 13.0. The zero-order valence-electron chi connectivity index (χ0n) is 13.5. The van der Waals surface area contributed by atoms with E-state index in [0.29, 0.717) is 25.4 Å². The van der Waals surface area contributed by atoms with E-state index < -0.39 is 29.3 Å². The van der Waals surface area contributed by atoms with Crippen molar-refractivity contribution in [3.05, 3.63) is 65.2 Å². The number of ether oxygens (including phenoxy) is 1. The van der Waals surface area contributed by atoms with Crippen molar-refractivity contribution in [2.45, 2.75) is 12.7 Å². The Morgan fingerprint density at radius 1 is 1.15 bits per heavy atom. The van der Waals surface area contributed by atoms with Gasteiger partial charge in [0.1, 0.15) is 6.61 Å². The molecule has 1 N–H and O–H groups in total. The zero-order chi connectivity index (χ0) is 18.7. The molecule has 0 aliphatic carbocycles. The maximum Gasteiger partial charge on any atom is 0.417 e. The Hall–Kier alpha value is -3.03. The number of carbonyl (C=O) groups excluding carboxylic acids is 2. The van der Waals surface area contributed by atoms with Crippen LogP contribution < -0.4 is 5.32 Å². The summed E-state index contributed by atoms with van der Waals surface area (Å²) in [5, 5.41) is 2.47. The van der Waals surface area contributed by atoms with Crippen LogP contribution in [0.5, 0.6) is 0 Å². The largest absolute Gasteiger partial charge is 0.448 e. The van der Waals surface area contributed by atoms with Crippen LogP contribution >= 0.6 is 0 Å². The minimum atomic E-state index is -4.62. The number of nitrogens with one attached hydrogen (secondary N) is 1. The number of nitrogens with zero attached hydrogens (tertiary/aromatic N) is 1. The molecule has 2 aromatic carbocycles. The van der Waals surface area contributed by atoms with Crippen LogP contribution in [0, 0.1) is 0 Å². The highest BCUT2D eigenvalue weighted by atomic mass is 19.4. The number of anilines is 1. The third kappa shape index (κ3) is 3.96. The lowest BCUT2D eigenvalue weighted by molar-refractivity contribution is -0.137. The number of rotatable bonds is 4. The van der Waals surface area contributed by atoms with Crippen LogP contribution in [0.4, 0.5) is 23.7 Å². The van der Waals surface area contributed by atoms with Crippen molar-refractivity contribution in [2.24, 2.45) is 0 Å². The summed E-state index contributed by atoms with van der Waals surface area (Å²) in [6, 6.07) is 11.2. The molecular weight excluding hydrogens is 349 g/mol. The molecule has 5 nitrogen and oxygen atoms in total. The first kappa shape index (κ1) is 17.8. The predicted molar refractivity (Wildman–Crippen MR) is 87.6 cm³/mol. The topological polar surface area (TPSA) is 58.6 Å². The normalized spacial score (nSPS) is 14.3. The average Bonchev–Trinajstić information content (AvgIpc) is 2.99. The highest BCUT2D eigenvalue weighted by Gasteiger charge is 2.34. The summed E-state index contributed by atoms with van der Waals surface area (Å²) in [5.41, 5.74) is -0.371. The number of cyclic esters (lactones) is 1. The molecule has 1 aliphatic rings. The van der Waals surface area contributed by atoms with Crippen LogP contribution in [0.2, 0.25) is 0 Å². The van der Waals surface area contributed by atoms with E-state index in [1.165, 1.54) is 17.0 Å². The molecule has 1 saturated heterocycles. The van der Waals surface area contributed by atoms with E-state index in [0.717, 1.165) is 17.7 Å². The third-order valence-electron chi connectivity index (χ3n) is 3.88. The van der Waals surface area contributed by atoms with Crippen LogP contribution in [0.15, 0.2) is 48.5 Å². The first-order valence-electron chi connectivity index (χ1n) is 7.83. The molecule has 0 bridgehead atoms. The molecule has 0 radical (unpaired) electrons. The number of benzene rings is 2. The van der Waals surface area contributed by atoms with Crippen molar-refractivity contribution < 1.29 is 27.5 Å². The van der Waals surface area contributed by atoms with Crippen LogP contribution in [0.3, 0.4) is 0 Å². The monoisotopic (exact) mass is 364 g/mol. The Morgan fingerprint density at radius 2 is 1.92 bits per heavy atom. The summed E-state index contributed by atoms with van der Waals surface area (Å²) in [6.07, 6.45) is -5.04. The van der Waals surface area contributed by atoms with Gasteiger partial charge in [-0.3, -0.25) is 4.79 Å². The van der Waals surface area contributed by atoms with Crippen molar-refractivity contribution in [1.29, 1.82) is 0 Å². The van der Waals surface area contributed by atoms with Crippen LogP contribution in [0.1, 0.15) is 21.5 Å². The van der Waals surface area contributed by atoms with Gasteiger partial charge in [0.2, 0.25) is 0 Å². The number of carbonyl (C=O) groups is 2. The lowest BCUT2D eigenvalue weighted by Crippen LogP contribution is -2.23. The molecular formula is C18H15F3N2O3. The van der Waals surface area contributed by atoms with Gasteiger partial charge in [0.25, 0.3) is 5.91 Å². The lowest BCUT2D eigenvalue weighted by atomic mass is 10.1. The Bertz CT molecular complexity index is 836. The molecule has 0 unspecified atom stereocenters. The molecule has 0 aromatic heterocycles. The van der Waals surface area contributed by atoms with E-state index in [9.17, 15) is 22.8 Å². The van der Waals surface area contributed by atoms with Gasteiger partial charge in [-0.15, -0.1) is 0 Å². The summed E-state index contributed by atoms with van der Waals surface area (Å²) in [5.74, 6) is -0.851. The molecule has 26 heavy (non-hydrogen) atoms. The fraction of sp³-hybridized carbons (Fsp3) is 0.222. The summed E-state index contributed by atoms with van der Waals surface area (Å²) in [6.45, 7) is 1.08. The van der Waals surface area contributed by atoms with Crippen LogP contribution in [-0.2, 0) is 17.5 Å². The Balaban J connectivity index is 1.76. The van der Waals surface area contributed by atoms with Gasteiger partial charge in [-0.2, -0.15) is 13.2 Å². The number of hydrogen-bond donors (Lipinski definition) is 1. The van der Waals surface area contributed by atoms with Gasteiger partial charge in [-0.25, -0.2) is 4.79 Å². The summed E-state index contributed by atoms with van der Waals surface area (Å²) in [7, 11) is 0. The molecule has 0 spiro atoms. The highest BCUT2D eigenvalue weighted by Crippen LogP contribution is 2.32. The van der Waals surface area contributed by atoms with Gasteiger partial charge in [0, 0.05) is 12.2 Å². The SMILES string of the molecule is O=C(Nc1cccc(CN2CCOC2=O)c1)c1ccccc1C(F)(F)F. The van der Waals surface area contributed by atoms with E-state index >= 15 is 0 Å². The predicted octanol–water partition coefficient (Wildman–Crippen LogP) is 3.91. The van der Waals surface area contributed by atoms with Gasteiger partial charge in [-0.1, -0.05) is 24.3 Å². The molecule has 8 heteroatoms. The molecule has 136 valence electrons. The van der Waals surface area contributed by atoms with E-state index in [1.807, 2.05) is 0 Å². The van der Waals surface area contributed by atoms with Crippen molar-refractivity contribution >= 4 is 17.7 Å². The van der Waals surface area contributed by atoms with E-state index in [-0.39, 0.29) is 0 Å². The van der Waals surface area contributed by atoms with Crippen LogP contribution in [0.25, 0.3) is 0 Å². The van der Waals surface area contributed by atoms with Crippen molar-refractivity contribution in [2.75, 3.05) is 18.5 Å². The lowest BCUT2D eigenvalue weighted by Gasteiger charge is -2.15. The smallest absolute Gasteiger partial charge is 0.417 e. The molecule has 0 saturated carbocycles. The molecule has 1 aliphatic heterocycles. The first-order valence-corrected chi connectivity index (χ1v) is 7.83. The number of hydrogen-bond acceptors (Lipinski definition) is 3. The number of alkyl halides is 3. The average molecular weight is 364 g/mol. The number of halogens is 3. The van der Waals surface area contributed by atoms with Gasteiger partial charge in [-0.05, 0) is 29.8 Å². The van der Waals surface area contributed by atoms with Gasteiger partial charge in [0.15, 0.2) is 0 Å². The summed E-state index contributed by atoms with van der Waals surface area (Å²) in [4.78, 5) is 25.3. The van der Waals surface area contributed by atoms with Gasteiger partial charge < -0.3 is 15.0 Å². The van der Waals surface area contributed by atoms with Crippen molar-refractivity contribution in [3.63, 3.8) is 0 Å². The highest BCUT2D eigenvalue weighted by molar-refractivity contribution is 6.05. The van der Waals surface area contributed by atoms with Crippen LogP contribution in [-0.4, -0.2) is 30.1 Å². The first-order chi connectivity index (χ1) is 12.3. The fourth-order valence-corrected chi connectivity index (χ4v) is 2.66.